The van der Waals surface area contributed by atoms with E-state index in [2.05, 4.69) is 15.3 Å². The minimum Gasteiger partial charge on any atom is -0.449 e. The number of aryl methyl sites for hydroxylation is 1. The number of aromatic nitrogens is 2. The Morgan fingerprint density at radius 1 is 1.12 bits per heavy atom. The lowest BCUT2D eigenvalue weighted by Gasteiger charge is -2.04. The summed E-state index contributed by atoms with van der Waals surface area (Å²) in [4.78, 5) is 21.0. The van der Waals surface area contributed by atoms with Gasteiger partial charge in [-0.25, -0.2) is 0 Å². The van der Waals surface area contributed by atoms with Gasteiger partial charge in [-0.3, -0.25) is 14.8 Å². The van der Waals surface area contributed by atoms with Gasteiger partial charge in [-0.2, -0.15) is 0 Å². The van der Waals surface area contributed by atoms with Crippen molar-refractivity contribution in [2.45, 2.75) is 6.92 Å². The van der Waals surface area contributed by atoms with Gasteiger partial charge in [0.15, 0.2) is 11.3 Å². The molecular formula is C18H12ClN3O2. The van der Waals surface area contributed by atoms with Crippen LogP contribution in [0.15, 0.2) is 53.2 Å². The van der Waals surface area contributed by atoms with Crippen molar-refractivity contribution >= 4 is 45.2 Å². The topological polar surface area (TPSA) is 68.0 Å². The fraction of sp³-hybridized carbons (Fsp3) is 0.0556. The summed E-state index contributed by atoms with van der Waals surface area (Å²) in [7, 11) is 0. The molecule has 0 unspecified atom stereocenters. The molecular weight excluding hydrogens is 326 g/mol. The molecule has 6 heteroatoms. The van der Waals surface area contributed by atoms with E-state index in [0.717, 1.165) is 16.5 Å². The van der Waals surface area contributed by atoms with Crippen molar-refractivity contribution in [2.75, 3.05) is 5.32 Å². The van der Waals surface area contributed by atoms with Crippen molar-refractivity contribution in [1.82, 2.24) is 9.97 Å². The molecule has 5 nitrogen and oxygen atoms in total. The highest BCUT2D eigenvalue weighted by Crippen LogP contribution is 2.31. The van der Waals surface area contributed by atoms with E-state index in [4.69, 9.17) is 16.0 Å². The number of fused-ring (bicyclic) bond motifs is 2. The standard InChI is InChI=1S/C18H12ClN3O2/c1-10-12-3-2-4-13(19)17(12)24-16(10)18(23)22-11-5-6-14-15(9-11)21-8-7-20-14/h2-9H,1H3,(H,22,23). The summed E-state index contributed by atoms with van der Waals surface area (Å²) in [6.45, 7) is 1.84. The van der Waals surface area contributed by atoms with Crippen LogP contribution < -0.4 is 5.32 Å². The number of furan rings is 1. The number of hydrogen-bond donors (Lipinski definition) is 1. The molecule has 1 N–H and O–H groups in total. The molecule has 0 aliphatic carbocycles. The molecule has 1 amide bonds. The van der Waals surface area contributed by atoms with Gasteiger partial charge in [0, 0.05) is 29.0 Å². The molecule has 2 heterocycles. The van der Waals surface area contributed by atoms with E-state index >= 15 is 0 Å². The number of halogens is 1. The van der Waals surface area contributed by atoms with Crippen LogP contribution in [0.25, 0.3) is 22.0 Å². The second-order valence-corrected chi connectivity index (χ2v) is 5.79. The highest BCUT2D eigenvalue weighted by atomic mass is 35.5. The van der Waals surface area contributed by atoms with Gasteiger partial charge in [-0.05, 0) is 31.2 Å². The lowest BCUT2D eigenvalue weighted by Crippen LogP contribution is -2.12. The smallest absolute Gasteiger partial charge is 0.291 e. The van der Waals surface area contributed by atoms with E-state index < -0.39 is 0 Å². The summed E-state index contributed by atoms with van der Waals surface area (Å²) in [5.74, 6) is -0.0830. The maximum absolute atomic E-state index is 12.6. The minimum absolute atomic E-state index is 0.248. The summed E-state index contributed by atoms with van der Waals surface area (Å²) >= 11 is 6.13. The van der Waals surface area contributed by atoms with E-state index in [0.29, 0.717) is 21.8 Å². The highest BCUT2D eigenvalue weighted by Gasteiger charge is 2.19. The fourth-order valence-corrected chi connectivity index (χ4v) is 2.87. The summed E-state index contributed by atoms with van der Waals surface area (Å²) in [6, 6.07) is 10.8. The molecule has 0 spiro atoms. The quantitative estimate of drug-likeness (QED) is 0.581. The van der Waals surface area contributed by atoms with Gasteiger partial charge < -0.3 is 9.73 Å². The number of para-hydroxylation sites is 1. The van der Waals surface area contributed by atoms with Crippen molar-refractivity contribution in [3.63, 3.8) is 0 Å². The Hall–Kier alpha value is -2.92. The van der Waals surface area contributed by atoms with Gasteiger partial charge in [0.05, 0.1) is 16.1 Å². The van der Waals surface area contributed by atoms with Crippen LogP contribution in [0.5, 0.6) is 0 Å². The van der Waals surface area contributed by atoms with Crippen molar-refractivity contribution in [3.8, 4) is 0 Å². The zero-order valence-corrected chi connectivity index (χ0v) is 13.5. The largest absolute Gasteiger partial charge is 0.449 e. The van der Waals surface area contributed by atoms with Crippen LogP contribution in [-0.4, -0.2) is 15.9 Å². The lowest BCUT2D eigenvalue weighted by molar-refractivity contribution is 0.0998. The third-order valence-electron chi connectivity index (χ3n) is 3.85. The second-order valence-electron chi connectivity index (χ2n) is 5.39. The Kier molecular flexibility index (Phi) is 3.43. The van der Waals surface area contributed by atoms with Gasteiger partial charge in [0.25, 0.3) is 5.91 Å². The number of hydrogen-bond acceptors (Lipinski definition) is 4. The summed E-state index contributed by atoms with van der Waals surface area (Å²) in [5, 5.41) is 4.14. The monoisotopic (exact) mass is 337 g/mol. The predicted molar refractivity (Wildman–Crippen MR) is 93.5 cm³/mol. The van der Waals surface area contributed by atoms with Gasteiger partial charge in [-0.15, -0.1) is 0 Å². The second kappa shape index (κ2) is 5.62. The molecule has 0 radical (unpaired) electrons. The van der Waals surface area contributed by atoms with E-state index in [1.807, 2.05) is 19.1 Å². The molecule has 0 atom stereocenters. The van der Waals surface area contributed by atoms with Crippen LogP contribution in [-0.2, 0) is 0 Å². The van der Waals surface area contributed by atoms with Crippen LogP contribution in [0, 0.1) is 6.92 Å². The maximum atomic E-state index is 12.6. The summed E-state index contributed by atoms with van der Waals surface area (Å²) in [6.07, 6.45) is 3.24. The van der Waals surface area contributed by atoms with Crippen LogP contribution in [0.2, 0.25) is 5.02 Å². The number of nitrogens with zero attached hydrogens (tertiary/aromatic N) is 2. The molecule has 0 saturated heterocycles. The van der Waals surface area contributed by atoms with Gasteiger partial charge >= 0.3 is 0 Å². The van der Waals surface area contributed by atoms with E-state index in [-0.39, 0.29) is 11.7 Å². The first kappa shape index (κ1) is 14.7. The molecule has 118 valence electrons. The van der Waals surface area contributed by atoms with Gasteiger partial charge in [0.2, 0.25) is 0 Å². The van der Waals surface area contributed by atoms with Crippen LogP contribution in [0.1, 0.15) is 16.1 Å². The normalized spacial score (nSPS) is 11.1. The van der Waals surface area contributed by atoms with E-state index in [1.165, 1.54) is 0 Å². The Morgan fingerprint density at radius 2 is 1.92 bits per heavy atom. The number of carbonyl (C=O) groups excluding carboxylic acids is 1. The maximum Gasteiger partial charge on any atom is 0.291 e. The SMILES string of the molecule is Cc1c(C(=O)Nc2ccc3nccnc3c2)oc2c(Cl)cccc12. The van der Waals surface area contributed by atoms with Gasteiger partial charge in [0.1, 0.15) is 0 Å². The van der Waals surface area contributed by atoms with Crippen LogP contribution >= 0.6 is 11.6 Å². The van der Waals surface area contributed by atoms with Crippen molar-refractivity contribution < 1.29 is 9.21 Å². The Labute approximate surface area is 142 Å². The average Bonchev–Trinajstić information content (AvgIpc) is 2.93. The Morgan fingerprint density at radius 3 is 2.71 bits per heavy atom. The minimum atomic E-state index is -0.331. The number of rotatable bonds is 2. The van der Waals surface area contributed by atoms with E-state index in [9.17, 15) is 4.79 Å². The number of nitrogens with one attached hydrogen (secondary N) is 1. The van der Waals surface area contributed by atoms with Crippen LogP contribution in [0.3, 0.4) is 0 Å². The molecule has 24 heavy (non-hydrogen) atoms. The molecule has 4 rings (SSSR count). The number of anilines is 1. The average molecular weight is 338 g/mol. The van der Waals surface area contributed by atoms with Crippen molar-refractivity contribution in [2.24, 2.45) is 0 Å². The molecule has 0 saturated carbocycles. The molecule has 0 aliphatic rings. The number of benzene rings is 2. The Bertz CT molecular complexity index is 1090. The first-order valence-corrected chi connectivity index (χ1v) is 7.71. The zero-order valence-electron chi connectivity index (χ0n) is 12.7. The number of carbonyl (C=O) groups is 1. The van der Waals surface area contributed by atoms with Crippen LogP contribution in [0.4, 0.5) is 5.69 Å². The zero-order chi connectivity index (χ0) is 16.7. The summed E-state index contributed by atoms with van der Waals surface area (Å²) < 4.78 is 5.68. The molecule has 0 aliphatic heterocycles. The first-order valence-electron chi connectivity index (χ1n) is 7.33. The predicted octanol–water partition coefficient (Wildman–Crippen LogP) is 4.59. The third-order valence-corrected chi connectivity index (χ3v) is 4.15. The number of amides is 1. The van der Waals surface area contributed by atoms with E-state index in [1.54, 1.807) is 36.7 Å². The summed E-state index contributed by atoms with van der Waals surface area (Å²) in [5.41, 5.74) is 3.37. The molecule has 0 fully saturated rings. The lowest BCUT2D eigenvalue weighted by atomic mass is 10.1. The highest BCUT2D eigenvalue weighted by molar-refractivity contribution is 6.35. The molecule has 4 aromatic rings. The van der Waals surface area contributed by atoms with Crippen molar-refractivity contribution in [1.29, 1.82) is 0 Å². The third kappa shape index (κ3) is 2.39. The van der Waals surface area contributed by atoms with Crippen molar-refractivity contribution in [3.05, 3.63) is 65.1 Å². The first-order chi connectivity index (χ1) is 11.6. The molecule has 2 aromatic heterocycles. The molecule has 2 aromatic carbocycles. The Balaban J connectivity index is 1.70. The fourth-order valence-electron chi connectivity index (χ4n) is 2.65. The molecule has 0 bridgehead atoms. The van der Waals surface area contributed by atoms with Gasteiger partial charge in [-0.1, -0.05) is 23.7 Å².